The summed E-state index contributed by atoms with van der Waals surface area (Å²) in [6, 6.07) is 7.20. The fraction of sp³-hybridized carbons (Fsp3) is 0.550. The summed E-state index contributed by atoms with van der Waals surface area (Å²) in [5, 5.41) is 4.74. The molecule has 0 spiro atoms. The van der Waals surface area contributed by atoms with Crippen LogP contribution in [0.4, 0.5) is 0 Å². The van der Waals surface area contributed by atoms with Crippen molar-refractivity contribution in [2.75, 3.05) is 13.2 Å². The van der Waals surface area contributed by atoms with Gasteiger partial charge in [0.15, 0.2) is 0 Å². The van der Waals surface area contributed by atoms with Gasteiger partial charge in [-0.1, -0.05) is 0 Å². The molecule has 2 aliphatic rings. The summed E-state index contributed by atoms with van der Waals surface area (Å²) in [6.45, 7) is 5.22. The van der Waals surface area contributed by atoms with Crippen LogP contribution in [0.3, 0.4) is 0 Å². The first kappa shape index (κ1) is 18.5. The second-order valence-electron chi connectivity index (χ2n) is 7.52. The quantitative estimate of drug-likeness (QED) is 0.714. The summed E-state index contributed by atoms with van der Waals surface area (Å²) >= 11 is 0. The van der Waals surface area contributed by atoms with Crippen molar-refractivity contribution in [3.8, 4) is 5.75 Å². The second kappa shape index (κ2) is 7.28. The number of benzene rings is 1. The number of aromatic nitrogens is 2. The van der Waals surface area contributed by atoms with E-state index in [1.54, 1.807) is 18.2 Å². The summed E-state index contributed by atoms with van der Waals surface area (Å²) in [5.41, 5.74) is 3.27. The number of ether oxygens (including phenoxy) is 1. The maximum Gasteiger partial charge on any atom is 0.240 e. The van der Waals surface area contributed by atoms with E-state index in [1.807, 2.05) is 18.5 Å². The maximum atomic E-state index is 12.6. The lowest BCUT2D eigenvalue weighted by molar-refractivity contribution is 0.337. The van der Waals surface area contributed by atoms with Crippen LogP contribution in [0.15, 0.2) is 29.2 Å². The zero-order chi connectivity index (χ0) is 19.0. The minimum atomic E-state index is -3.55. The van der Waals surface area contributed by atoms with Gasteiger partial charge in [0.25, 0.3) is 0 Å². The fourth-order valence-corrected chi connectivity index (χ4v) is 4.50. The molecular weight excluding hydrogens is 362 g/mol. The van der Waals surface area contributed by atoms with Gasteiger partial charge in [-0.15, -0.1) is 0 Å². The Bertz CT molecular complexity index is 928. The molecule has 0 saturated heterocycles. The monoisotopic (exact) mass is 389 g/mol. The normalized spacial score (nSPS) is 17.3. The molecule has 0 atom stereocenters. The van der Waals surface area contributed by atoms with Gasteiger partial charge in [-0.05, 0) is 69.4 Å². The predicted octanol–water partition coefficient (Wildman–Crippen LogP) is 3.32. The van der Waals surface area contributed by atoms with Gasteiger partial charge >= 0.3 is 0 Å². The third-order valence-electron chi connectivity index (χ3n) is 5.19. The van der Waals surface area contributed by atoms with Crippen LogP contribution in [0.25, 0.3) is 0 Å². The van der Waals surface area contributed by atoms with Crippen molar-refractivity contribution in [2.45, 2.75) is 62.8 Å². The van der Waals surface area contributed by atoms with E-state index >= 15 is 0 Å². The molecule has 1 N–H and O–H groups in total. The highest BCUT2D eigenvalue weighted by Gasteiger charge is 2.32. The first-order valence-electron chi connectivity index (χ1n) is 9.78. The minimum absolute atomic E-state index is 0.269. The Balaban J connectivity index is 1.42. The fourth-order valence-electron chi connectivity index (χ4n) is 3.39. The molecule has 0 bridgehead atoms. The summed E-state index contributed by atoms with van der Waals surface area (Å²) in [7, 11) is -3.55. The van der Waals surface area contributed by atoms with Crippen molar-refractivity contribution in [3.63, 3.8) is 0 Å². The zero-order valence-electron chi connectivity index (χ0n) is 15.9. The second-order valence-corrected chi connectivity index (χ2v) is 9.29. The summed E-state index contributed by atoms with van der Waals surface area (Å²) in [4.78, 5) is 0.269. The Labute approximate surface area is 161 Å². The molecule has 2 saturated carbocycles. The Kier molecular flexibility index (Phi) is 4.99. The van der Waals surface area contributed by atoms with Gasteiger partial charge in [-0.2, -0.15) is 5.10 Å². The Morgan fingerprint density at radius 2 is 1.93 bits per heavy atom. The number of hydrogen-bond donors (Lipinski definition) is 1. The van der Waals surface area contributed by atoms with Crippen LogP contribution in [0.5, 0.6) is 5.75 Å². The molecule has 7 heteroatoms. The third-order valence-corrected chi connectivity index (χ3v) is 6.65. The minimum Gasteiger partial charge on any atom is -0.494 e. The van der Waals surface area contributed by atoms with Gasteiger partial charge < -0.3 is 4.74 Å². The van der Waals surface area contributed by atoms with Gasteiger partial charge in [0.1, 0.15) is 5.75 Å². The van der Waals surface area contributed by atoms with E-state index < -0.39 is 10.0 Å². The van der Waals surface area contributed by atoms with E-state index in [9.17, 15) is 8.42 Å². The van der Waals surface area contributed by atoms with E-state index in [4.69, 9.17) is 9.84 Å². The number of hydrogen-bond acceptors (Lipinski definition) is 4. The average Bonchev–Trinajstić information content (AvgIpc) is 3.55. The molecule has 0 unspecified atom stereocenters. The SMILES string of the molecule is CCOc1ccc(S(=O)(=O)NCCn2nc(C3CC3)cc2C2CC2)cc1C. The van der Waals surface area contributed by atoms with Crippen LogP contribution in [-0.2, 0) is 16.6 Å². The van der Waals surface area contributed by atoms with Crippen molar-refractivity contribution in [1.82, 2.24) is 14.5 Å². The van der Waals surface area contributed by atoms with Crippen LogP contribution in [0.1, 0.15) is 61.4 Å². The standard InChI is InChI=1S/C20H27N3O3S/c1-3-26-20-9-8-17(12-14(20)2)27(24,25)21-10-11-23-19(16-6-7-16)13-18(22-23)15-4-5-15/h8-9,12-13,15-16,21H,3-7,10-11H2,1-2H3. The Hall–Kier alpha value is -1.86. The number of nitrogens with one attached hydrogen (secondary N) is 1. The van der Waals surface area contributed by atoms with E-state index in [0.717, 1.165) is 11.3 Å². The number of sulfonamides is 1. The molecule has 1 aromatic carbocycles. The third kappa shape index (κ3) is 4.19. The average molecular weight is 390 g/mol. The molecular formula is C20H27N3O3S. The van der Waals surface area contributed by atoms with Crippen molar-refractivity contribution < 1.29 is 13.2 Å². The van der Waals surface area contributed by atoms with E-state index in [2.05, 4.69) is 10.8 Å². The zero-order valence-corrected chi connectivity index (χ0v) is 16.8. The van der Waals surface area contributed by atoms with Gasteiger partial charge in [0.2, 0.25) is 10.0 Å². The molecule has 2 aromatic rings. The summed E-state index contributed by atoms with van der Waals surface area (Å²) < 4.78 is 35.4. The van der Waals surface area contributed by atoms with Crippen molar-refractivity contribution in [2.24, 2.45) is 0 Å². The molecule has 1 heterocycles. The highest BCUT2D eigenvalue weighted by molar-refractivity contribution is 7.89. The maximum absolute atomic E-state index is 12.6. The largest absolute Gasteiger partial charge is 0.494 e. The smallest absolute Gasteiger partial charge is 0.240 e. The van der Waals surface area contributed by atoms with E-state index in [0.29, 0.717) is 31.5 Å². The lowest BCUT2D eigenvalue weighted by Gasteiger charge is -2.11. The van der Waals surface area contributed by atoms with Gasteiger partial charge in [-0.25, -0.2) is 13.1 Å². The molecule has 1 aromatic heterocycles. The molecule has 0 aliphatic heterocycles. The molecule has 4 rings (SSSR count). The first-order valence-corrected chi connectivity index (χ1v) is 11.3. The van der Waals surface area contributed by atoms with Crippen LogP contribution >= 0.6 is 0 Å². The van der Waals surface area contributed by atoms with Crippen LogP contribution in [0.2, 0.25) is 0 Å². The Morgan fingerprint density at radius 1 is 1.19 bits per heavy atom. The number of nitrogens with zero attached hydrogens (tertiary/aromatic N) is 2. The molecule has 0 radical (unpaired) electrons. The van der Waals surface area contributed by atoms with Crippen LogP contribution in [-0.4, -0.2) is 31.3 Å². The number of aryl methyl sites for hydroxylation is 1. The van der Waals surface area contributed by atoms with Gasteiger partial charge in [-0.3, -0.25) is 4.68 Å². The van der Waals surface area contributed by atoms with Crippen molar-refractivity contribution in [1.29, 1.82) is 0 Å². The molecule has 2 aliphatic carbocycles. The molecule has 2 fully saturated rings. The van der Waals surface area contributed by atoms with Crippen LogP contribution < -0.4 is 9.46 Å². The van der Waals surface area contributed by atoms with Gasteiger partial charge in [0.05, 0.1) is 23.7 Å². The molecule has 146 valence electrons. The van der Waals surface area contributed by atoms with Crippen molar-refractivity contribution >= 4 is 10.0 Å². The topological polar surface area (TPSA) is 73.2 Å². The lowest BCUT2D eigenvalue weighted by atomic mass is 10.2. The molecule has 6 nitrogen and oxygen atoms in total. The van der Waals surface area contributed by atoms with E-state index in [-0.39, 0.29) is 4.90 Å². The first-order chi connectivity index (χ1) is 13.0. The summed E-state index contributed by atoms with van der Waals surface area (Å²) in [5.74, 6) is 1.94. The molecule has 0 amide bonds. The van der Waals surface area contributed by atoms with Crippen molar-refractivity contribution in [3.05, 3.63) is 41.2 Å². The highest BCUT2D eigenvalue weighted by Crippen LogP contribution is 2.44. The lowest BCUT2D eigenvalue weighted by Crippen LogP contribution is -2.28. The Morgan fingerprint density at radius 3 is 2.56 bits per heavy atom. The summed E-state index contributed by atoms with van der Waals surface area (Å²) in [6.07, 6.45) is 4.88. The molecule has 27 heavy (non-hydrogen) atoms. The predicted molar refractivity (Wildman–Crippen MR) is 104 cm³/mol. The highest BCUT2D eigenvalue weighted by atomic mass is 32.2. The van der Waals surface area contributed by atoms with Crippen LogP contribution in [0, 0.1) is 6.92 Å². The number of rotatable bonds is 9. The van der Waals surface area contributed by atoms with Gasteiger partial charge in [0, 0.05) is 24.1 Å². The van der Waals surface area contributed by atoms with E-state index in [1.165, 1.54) is 37.1 Å².